The maximum absolute atomic E-state index is 12.4. The van der Waals surface area contributed by atoms with Gasteiger partial charge in [-0.2, -0.15) is 0 Å². The quantitative estimate of drug-likeness (QED) is 0.750. The van der Waals surface area contributed by atoms with Crippen LogP contribution in [0.2, 0.25) is 0 Å². The molecule has 0 spiro atoms. The molecule has 0 radical (unpaired) electrons. The molecule has 0 bridgehead atoms. The molecule has 1 fully saturated rings. The number of amides is 1. The summed E-state index contributed by atoms with van der Waals surface area (Å²) in [5.41, 5.74) is 0.615. The summed E-state index contributed by atoms with van der Waals surface area (Å²) >= 11 is 1.74. The average molecular weight is 385 g/mol. The maximum Gasteiger partial charge on any atom is 0.240 e. The summed E-state index contributed by atoms with van der Waals surface area (Å²) in [6.45, 7) is 5.48. The van der Waals surface area contributed by atoms with Gasteiger partial charge in [-0.05, 0) is 57.9 Å². The Morgan fingerprint density at radius 2 is 1.68 bits per heavy atom. The Balaban J connectivity index is 1.92. The predicted molar refractivity (Wildman–Crippen MR) is 104 cm³/mol. The molecule has 1 aromatic rings. The van der Waals surface area contributed by atoms with Gasteiger partial charge in [0.1, 0.15) is 0 Å². The van der Waals surface area contributed by atoms with Crippen LogP contribution in [0.1, 0.15) is 52.9 Å². The van der Waals surface area contributed by atoms with Crippen LogP contribution in [0.5, 0.6) is 0 Å². The summed E-state index contributed by atoms with van der Waals surface area (Å²) < 4.78 is 26.7. The van der Waals surface area contributed by atoms with Gasteiger partial charge in [-0.1, -0.05) is 19.3 Å². The molecule has 5 nitrogen and oxygen atoms in total. The molecule has 1 atom stereocenters. The summed E-state index contributed by atoms with van der Waals surface area (Å²) in [5.74, 6) is -0.0357. The van der Waals surface area contributed by atoms with Crippen molar-refractivity contribution in [2.45, 2.75) is 74.3 Å². The largest absolute Gasteiger partial charge is 0.325 e. The highest BCUT2D eigenvalue weighted by molar-refractivity contribution is 8.01. The molecule has 2 rings (SSSR count). The van der Waals surface area contributed by atoms with Crippen molar-refractivity contribution in [3.63, 3.8) is 0 Å². The Labute approximate surface area is 155 Å². The topological polar surface area (TPSA) is 75.3 Å². The molecule has 140 valence electrons. The van der Waals surface area contributed by atoms with Crippen molar-refractivity contribution in [1.82, 2.24) is 4.72 Å². The van der Waals surface area contributed by atoms with Crippen LogP contribution in [-0.2, 0) is 14.8 Å². The number of sulfonamides is 1. The number of rotatable bonds is 7. The lowest BCUT2D eigenvalue weighted by molar-refractivity contribution is -0.115. The van der Waals surface area contributed by atoms with Gasteiger partial charge in [-0.15, -0.1) is 11.8 Å². The normalized spacial score (nSPS) is 17.4. The Hall–Kier alpha value is -1.05. The van der Waals surface area contributed by atoms with Gasteiger partial charge >= 0.3 is 0 Å². The summed E-state index contributed by atoms with van der Waals surface area (Å²) in [7, 11) is -3.51. The van der Waals surface area contributed by atoms with Gasteiger partial charge in [0, 0.05) is 17.0 Å². The summed E-state index contributed by atoms with van der Waals surface area (Å²) in [5, 5.41) is 3.33. The highest BCUT2D eigenvalue weighted by Crippen LogP contribution is 2.31. The van der Waals surface area contributed by atoms with Crippen molar-refractivity contribution in [2.24, 2.45) is 0 Å². The molecule has 1 aliphatic rings. The van der Waals surface area contributed by atoms with E-state index in [1.807, 2.05) is 6.92 Å². The molecule has 2 N–H and O–H groups in total. The van der Waals surface area contributed by atoms with E-state index in [9.17, 15) is 13.2 Å². The Bertz CT molecular complexity index is 666. The molecule has 1 aromatic carbocycles. The maximum atomic E-state index is 12.4. The number of carbonyl (C=O) groups is 1. The molecule has 1 aliphatic carbocycles. The van der Waals surface area contributed by atoms with Crippen LogP contribution < -0.4 is 10.0 Å². The fourth-order valence-corrected chi connectivity index (χ4v) is 5.51. The molecule has 0 aliphatic heterocycles. The second kappa shape index (κ2) is 9.05. The zero-order chi connectivity index (χ0) is 18.4. The van der Waals surface area contributed by atoms with E-state index in [4.69, 9.17) is 0 Å². The lowest BCUT2D eigenvalue weighted by Crippen LogP contribution is -2.30. The van der Waals surface area contributed by atoms with Gasteiger partial charge < -0.3 is 5.32 Å². The van der Waals surface area contributed by atoms with Crippen molar-refractivity contribution in [2.75, 3.05) is 5.32 Å². The van der Waals surface area contributed by atoms with Gasteiger partial charge in [0.2, 0.25) is 15.9 Å². The van der Waals surface area contributed by atoms with E-state index in [1.54, 1.807) is 37.7 Å². The fourth-order valence-electron chi connectivity index (χ4n) is 2.89. The monoisotopic (exact) mass is 384 g/mol. The van der Waals surface area contributed by atoms with Crippen molar-refractivity contribution < 1.29 is 13.2 Å². The fraction of sp³-hybridized carbons (Fsp3) is 0.611. The first-order valence-corrected chi connectivity index (χ1v) is 11.3. The summed E-state index contributed by atoms with van der Waals surface area (Å²) in [6, 6.07) is 6.12. The van der Waals surface area contributed by atoms with E-state index in [-0.39, 0.29) is 22.1 Å². The van der Waals surface area contributed by atoms with Crippen molar-refractivity contribution in [3.8, 4) is 0 Å². The highest BCUT2D eigenvalue weighted by atomic mass is 32.2. The zero-order valence-corrected chi connectivity index (χ0v) is 16.8. The van der Waals surface area contributed by atoms with Gasteiger partial charge in [-0.3, -0.25) is 4.79 Å². The Morgan fingerprint density at radius 3 is 2.24 bits per heavy atom. The Morgan fingerprint density at radius 1 is 1.08 bits per heavy atom. The molecule has 0 aromatic heterocycles. The van der Waals surface area contributed by atoms with Gasteiger partial charge in [0.15, 0.2) is 0 Å². The molecule has 0 unspecified atom stereocenters. The third-order valence-electron chi connectivity index (χ3n) is 4.14. The third kappa shape index (κ3) is 6.31. The second-order valence-corrected chi connectivity index (χ2v) is 10.2. The van der Waals surface area contributed by atoms with E-state index in [2.05, 4.69) is 10.0 Å². The number of carbonyl (C=O) groups excluding carboxylic acids is 1. The first-order valence-electron chi connectivity index (χ1n) is 8.86. The van der Waals surface area contributed by atoms with E-state index in [0.29, 0.717) is 10.9 Å². The van der Waals surface area contributed by atoms with Crippen LogP contribution >= 0.6 is 11.8 Å². The van der Waals surface area contributed by atoms with E-state index in [0.717, 1.165) is 0 Å². The number of hydrogen-bond acceptors (Lipinski definition) is 4. The van der Waals surface area contributed by atoms with Crippen molar-refractivity contribution >= 4 is 33.4 Å². The highest BCUT2D eigenvalue weighted by Gasteiger charge is 2.21. The average Bonchev–Trinajstić information content (AvgIpc) is 2.55. The molecular weight excluding hydrogens is 356 g/mol. The van der Waals surface area contributed by atoms with E-state index >= 15 is 0 Å². The number of nitrogens with one attached hydrogen (secondary N) is 2. The molecular formula is C18H28N2O3S2. The standard InChI is InChI=1S/C18H28N2O3S2/c1-13(2)20-25(22,23)17-11-9-15(10-12-17)19-18(21)14(3)24-16-7-5-4-6-8-16/h9-14,16,20H,4-8H2,1-3H3,(H,19,21)/t14-/m0/s1. The number of thioether (sulfide) groups is 1. The Kier molecular flexibility index (Phi) is 7.34. The number of hydrogen-bond donors (Lipinski definition) is 2. The van der Waals surface area contributed by atoms with Crippen LogP contribution in [0.15, 0.2) is 29.2 Å². The molecule has 0 saturated heterocycles. The molecule has 1 amide bonds. The van der Waals surface area contributed by atoms with E-state index in [1.165, 1.54) is 44.2 Å². The first-order chi connectivity index (χ1) is 11.8. The minimum absolute atomic E-state index is 0.0357. The van der Waals surface area contributed by atoms with E-state index < -0.39 is 10.0 Å². The predicted octanol–water partition coefficient (Wildman–Crippen LogP) is 3.77. The number of anilines is 1. The van der Waals surface area contributed by atoms with Gasteiger partial charge in [0.25, 0.3) is 0 Å². The summed E-state index contributed by atoms with van der Waals surface area (Å²) in [4.78, 5) is 12.5. The van der Waals surface area contributed by atoms with Crippen molar-refractivity contribution in [1.29, 1.82) is 0 Å². The van der Waals surface area contributed by atoms with Crippen LogP contribution in [0.4, 0.5) is 5.69 Å². The van der Waals surface area contributed by atoms with Crippen LogP contribution in [0, 0.1) is 0 Å². The molecule has 7 heteroatoms. The lowest BCUT2D eigenvalue weighted by Gasteiger charge is -2.23. The summed E-state index contributed by atoms with van der Waals surface area (Å²) in [6.07, 6.45) is 6.20. The molecule has 25 heavy (non-hydrogen) atoms. The molecule has 0 heterocycles. The van der Waals surface area contributed by atoms with Crippen LogP contribution in [0.25, 0.3) is 0 Å². The smallest absolute Gasteiger partial charge is 0.240 e. The minimum Gasteiger partial charge on any atom is -0.325 e. The first kappa shape index (κ1) is 20.3. The minimum atomic E-state index is -3.51. The lowest BCUT2D eigenvalue weighted by atomic mass is 10.0. The van der Waals surface area contributed by atoms with Crippen molar-refractivity contribution in [3.05, 3.63) is 24.3 Å². The zero-order valence-electron chi connectivity index (χ0n) is 15.1. The van der Waals surface area contributed by atoms with Crippen LogP contribution in [0.3, 0.4) is 0 Å². The third-order valence-corrected chi connectivity index (χ3v) is 7.29. The SMILES string of the molecule is CC(C)NS(=O)(=O)c1ccc(NC(=O)[C@H](C)SC2CCCCC2)cc1. The van der Waals surface area contributed by atoms with Gasteiger partial charge in [-0.25, -0.2) is 13.1 Å². The van der Waals surface area contributed by atoms with Gasteiger partial charge in [0.05, 0.1) is 10.1 Å². The molecule has 1 saturated carbocycles. The number of benzene rings is 1. The van der Waals surface area contributed by atoms with Crippen LogP contribution in [-0.4, -0.2) is 30.9 Å². The second-order valence-electron chi connectivity index (χ2n) is 6.83.